The van der Waals surface area contributed by atoms with Crippen LogP contribution in [0.15, 0.2) is 12.1 Å². The average molecular weight is 271 g/mol. The van der Waals surface area contributed by atoms with Crippen molar-refractivity contribution >= 4 is 23.3 Å². The van der Waals surface area contributed by atoms with Gasteiger partial charge in [-0.1, -0.05) is 25.4 Å². The van der Waals surface area contributed by atoms with E-state index in [-0.39, 0.29) is 10.6 Å². The standard InChI is InChI=1S/C13H19ClN2O2/c1-3-16(4-2)8-7-9-11(15)6-5-10(12(9)14)13(17)18/h5-6H,3-4,7-8,15H2,1-2H3,(H,17,18). The lowest BCUT2D eigenvalue weighted by Crippen LogP contribution is -2.25. The number of carboxylic acids is 1. The Hall–Kier alpha value is -1.26. The molecule has 0 saturated carbocycles. The van der Waals surface area contributed by atoms with E-state index in [0.29, 0.717) is 12.1 Å². The summed E-state index contributed by atoms with van der Waals surface area (Å²) in [5.41, 5.74) is 7.25. The monoisotopic (exact) mass is 270 g/mol. The van der Waals surface area contributed by atoms with Gasteiger partial charge in [0.2, 0.25) is 0 Å². The second-order valence-electron chi connectivity index (χ2n) is 4.08. The number of carbonyl (C=O) groups is 1. The maximum atomic E-state index is 11.0. The van der Waals surface area contributed by atoms with Crippen LogP contribution in [0.25, 0.3) is 0 Å². The summed E-state index contributed by atoms with van der Waals surface area (Å²) in [4.78, 5) is 13.2. The lowest BCUT2D eigenvalue weighted by atomic mass is 10.1. The molecule has 0 saturated heterocycles. The van der Waals surface area contributed by atoms with Crippen LogP contribution in [0, 0.1) is 0 Å². The van der Waals surface area contributed by atoms with E-state index >= 15 is 0 Å². The van der Waals surface area contributed by atoms with Gasteiger partial charge in [0.15, 0.2) is 0 Å². The smallest absolute Gasteiger partial charge is 0.337 e. The molecule has 0 aliphatic carbocycles. The van der Waals surface area contributed by atoms with Crippen molar-refractivity contribution in [2.75, 3.05) is 25.4 Å². The van der Waals surface area contributed by atoms with Crippen molar-refractivity contribution in [3.63, 3.8) is 0 Å². The van der Waals surface area contributed by atoms with E-state index in [1.807, 2.05) is 0 Å². The zero-order chi connectivity index (χ0) is 13.7. The topological polar surface area (TPSA) is 66.6 Å². The van der Waals surface area contributed by atoms with E-state index < -0.39 is 5.97 Å². The number of carboxylic acid groups (broad SMARTS) is 1. The summed E-state index contributed by atoms with van der Waals surface area (Å²) in [6.07, 6.45) is 0.660. The largest absolute Gasteiger partial charge is 0.478 e. The van der Waals surface area contributed by atoms with Gasteiger partial charge in [0.25, 0.3) is 0 Å². The van der Waals surface area contributed by atoms with Crippen LogP contribution in [0.4, 0.5) is 5.69 Å². The predicted octanol–water partition coefficient (Wildman–Crippen LogP) is 2.50. The molecule has 0 aliphatic heterocycles. The highest BCUT2D eigenvalue weighted by Crippen LogP contribution is 2.27. The molecule has 1 aromatic rings. The van der Waals surface area contributed by atoms with Crippen LogP contribution < -0.4 is 5.73 Å². The minimum Gasteiger partial charge on any atom is -0.478 e. The first-order valence-electron chi connectivity index (χ1n) is 6.03. The number of anilines is 1. The highest BCUT2D eigenvalue weighted by atomic mass is 35.5. The molecule has 0 atom stereocenters. The lowest BCUT2D eigenvalue weighted by Gasteiger charge is -2.19. The molecule has 3 N–H and O–H groups in total. The van der Waals surface area contributed by atoms with E-state index in [2.05, 4.69) is 18.7 Å². The van der Waals surface area contributed by atoms with Crippen LogP contribution in [0.2, 0.25) is 5.02 Å². The molecule has 0 radical (unpaired) electrons. The predicted molar refractivity (Wildman–Crippen MR) is 74.3 cm³/mol. The summed E-state index contributed by atoms with van der Waals surface area (Å²) < 4.78 is 0. The first kappa shape index (κ1) is 14.8. The molecule has 0 spiro atoms. The molecular weight excluding hydrogens is 252 g/mol. The van der Waals surface area contributed by atoms with Crippen LogP contribution in [0.1, 0.15) is 29.8 Å². The first-order valence-corrected chi connectivity index (χ1v) is 6.41. The van der Waals surface area contributed by atoms with Gasteiger partial charge in [0.1, 0.15) is 0 Å². The average Bonchev–Trinajstić information content (AvgIpc) is 2.33. The van der Waals surface area contributed by atoms with Crippen molar-refractivity contribution in [3.05, 3.63) is 28.3 Å². The van der Waals surface area contributed by atoms with Gasteiger partial charge in [0.05, 0.1) is 10.6 Å². The molecule has 0 fully saturated rings. The fraction of sp³-hybridized carbons (Fsp3) is 0.462. The molecule has 0 heterocycles. The Kier molecular flexibility index (Phi) is 5.44. The van der Waals surface area contributed by atoms with Crippen molar-refractivity contribution in [1.29, 1.82) is 0 Å². The Morgan fingerprint density at radius 2 is 2.00 bits per heavy atom. The number of nitrogens with zero attached hydrogens (tertiary/aromatic N) is 1. The number of hydrogen-bond acceptors (Lipinski definition) is 3. The molecule has 1 rings (SSSR count). The van der Waals surface area contributed by atoms with E-state index in [1.54, 1.807) is 6.07 Å². The minimum atomic E-state index is -1.02. The van der Waals surface area contributed by atoms with Gasteiger partial charge in [-0.25, -0.2) is 4.79 Å². The number of aromatic carboxylic acids is 1. The minimum absolute atomic E-state index is 0.111. The van der Waals surface area contributed by atoms with Gasteiger partial charge < -0.3 is 15.7 Å². The number of halogens is 1. The summed E-state index contributed by atoms with van der Waals surface area (Å²) in [5, 5.41) is 9.27. The van der Waals surface area contributed by atoms with Gasteiger partial charge in [-0.15, -0.1) is 0 Å². The Balaban J connectivity index is 2.94. The van der Waals surface area contributed by atoms with Crippen LogP contribution in [0.3, 0.4) is 0 Å². The number of nitrogens with two attached hydrogens (primary N) is 1. The molecule has 0 aromatic heterocycles. The highest BCUT2D eigenvalue weighted by molar-refractivity contribution is 6.34. The van der Waals surface area contributed by atoms with Crippen molar-refractivity contribution < 1.29 is 9.90 Å². The van der Waals surface area contributed by atoms with E-state index in [4.69, 9.17) is 22.4 Å². The number of hydrogen-bond donors (Lipinski definition) is 2. The summed E-state index contributed by atoms with van der Waals surface area (Å²) in [6.45, 7) is 6.89. The molecule has 0 aliphatic rings. The SMILES string of the molecule is CCN(CC)CCc1c(N)ccc(C(=O)O)c1Cl. The number of rotatable bonds is 6. The molecule has 0 bridgehead atoms. The highest BCUT2D eigenvalue weighted by Gasteiger charge is 2.15. The van der Waals surface area contributed by atoms with Gasteiger partial charge in [-0.2, -0.15) is 0 Å². The van der Waals surface area contributed by atoms with Crippen LogP contribution in [0.5, 0.6) is 0 Å². The third-order valence-electron chi connectivity index (χ3n) is 3.08. The molecule has 18 heavy (non-hydrogen) atoms. The van der Waals surface area contributed by atoms with Crippen LogP contribution in [-0.2, 0) is 6.42 Å². The van der Waals surface area contributed by atoms with Crippen LogP contribution in [-0.4, -0.2) is 35.6 Å². The molecule has 4 nitrogen and oxygen atoms in total. The third kappa shape index (κ3) is 3.37. The van der Waals surface area contributed by atoms with Crippen molar-refractivity contribution in [1.82, 2.24) is 4.90 Å². The summed E-state index contributed by atoms with van der Waals surface area (Å²) in [5.74, 6) is -1.02. The fourth-order valence-corrected chi connectivity index (χ4v) is 2.21. The normalized spacial score (nSPS) is 10.9. The summed E-state index contributed by atoms with van der Waals surface area (Å²) in [6, 6.07) is 3.05. The zero-order valence-corrected chi connectivity index (χ0v) is 11.5. The maximum Gasteiger partial charge on any atom is 0.337 e. The Morgan fingerprint density at radius 1 is 1.39 bits per heavy atom. The van der Waals surface area contributed by atoms with Gasteiger partial charge in [0, 0.05) is 12.2 Å². The zero-order valence-electron chi connectivity index (χ0n) is 10.7. The number of benzene rings is 1. The summed E-state index contributed by atoms with van der Waals surface area (Å²) >= 11 is 6.10. The molecule has 100 valence electrons. The van der Waals surface area contributed by atoms with Gasteiger partial charge >= 0.3 is 5.97 Å². The molecule has 5 heteroatoms. The summed E-state index contributed by atoms with van der Waals surface area (Å²) in [7, 11) is 0. The van der Waals surface area contributed by atoms with Crippen molar-refractivity contribution in [3.8, 4) is 0 Å². The molecule has 0 unspecified atom stereocenters. The van der Waals surface area contributed by atoms with Crippen molar-refractivity contribution in [2.45, 2.75) is 20.3 Å². The quantitative estimate of drug-likeness (QED) is 0.780. The Morgan fingerprint density at radius 3 is 2.50 bits per heavy atom. The van der Waals surface area contributed by atoms with E-state index in [0.717, 1.165) is 25.2 Å². The first-order chi connectivity index (χ1) is 8.51. The fourth-order valence-electron chi connectivity index (χ4n) is 1.87. The third-order valence-corrected chi connectivity index (χ3v) is 3.51. The second-order valence-corrected chi connectivity index (χ2v) is 4.45. The molecule has 1 aromatic carbocycles. The number of nitrogen functional groups attached to an aromatic ring is 1. The van der Waals surface area contributed by atoms with E-state index in [1.165, 1.54) is 6.07 Å². The van der Waals surface area contributed by atoms with E-state index in [9.17, 15) is 4.79 Å². The van der Waals surface area contributed by atoms with Gasteiger partial charge in [-0.05, 0) is 37.2 Å². The van der Waals surface area contributed by atoms with Crippen LogP contribution >= 0.6 is 11.6 Å². The van der Waals surface area contributed by atoms with Gasteiger partial charge in [-0.3, -0.25) is 0 Å². The number of likely N-dealkylation sites (N-methyl/N-ethyl adjacent to an activating group) is 1. The lowest BCUT2D eigenvalue weighted by molar-refractivity contribution is 0.0697. The molecular formula is C13H19ClN2O2. The Labute approximate surface area is 112 Å². The molecule has 0 amide bonds. The van der Waals surface area contributed by atoms with Crippen molar-refractivity contribution in [2.24, 2.45) is 0 Å². The maximum absolute atomic E-state index is 11.0. The second kappa shape index (κ2) is 6.61. The Bertz CT molecular complexity index is 431.